The smallest absolute Gasteiger partial charge is 0.124 e. The highest BCUT2D eigenvalue weighted by Gasteiger charge is 2.18. The van der Waals surface area contributed by atoms with Crippen LogP contribution in [-0.2, 0) is 6.54 Å². The van der Waals surface area contributed by atoms with Gasteiger partial charge in [-0.15, -0.1) is 0 Å². The van der Waals surface area contributed by atoms with E-state index in [1.807, 2.05) is 26.0 Å². The van der Waals surface area contributed by atoms with Crippen molar-refractivity contribution in [1.82, 2.24) is 4.90 Å². The number of ether oxygens (including phenoxy) is 1. The third-order valence-corrected chi connectivity index (χ3v) is 3.29. The van der Waals surface area contributed by atoms with Crippen LogP contribution >= 0.6 is 0 Å². The zero-order valence-corrected chi connectivity index (χ0v) is 11.3. The molecule has 1 aliphatic heterocycles. The van der Waals surface area contributed by atoms with Crippen LogP contribution in [0, 0.1) is 0 Å². The van der Waals surface area contributed by atoms with E-state index in [1.165, 1.54) is 5.56 Å². The maximum atomic E-state index is 9.52. The number of benzene rings is 1. The van der Waals surface area contributed by atoms with Gasteiger partial charge < -0.3 is 9.84 Å². The van der Waals surface area contributed by atoms with Crippen molar-refractivity contribution in [2.45, 2.75) is 45.4 Å². The van der Waals surface area contributed by atoms with Gasteiger partial charge >= 0.3 is 0 Å². The predicted octanol–water partition coefficient (Wildman–Crippen LogP) is 2.43. The lowest BCUT2D eigenvalue weighted by Gasteiger charge is -2.30. The Morgan fingerprint density at radius 2 is 1.94 bits per heavy atom. The fourth-order valence-corrected chi connectivity index (χ4v) is 2.32. The number of para-hydroxylation sites is 1. The Bertz CT molecular complexity index is 371. The largest absolute Gasteiger partial charge is 0.491 e. The molecule has 18 heavy (non-hydrogen) atoms. The molecule has 2 rings (SSSR count). The summed E-state index contributed by atoms with van der Waals surface area (Å²) in [5.74, 6) is 0.985. The Labute approximate surface area is 109 Å². The monoisotopic (exact) mass is 249 g/mol. The van der Waals surface area contributed by atoms with Crippen molar-refractivity contribution in [2.24, 2.45) is 0 Å². The standard InChI is InChI=1S/C15H23NO2/c1-12(2)18-15-6-4-3-5-13(15)11-16-9-7-14(17)8-10-16/h3-6,12,14,17H,7-11H2,1-2H3. The SMILES string of the molecule is CC(C)Oc1ccccc1CN1CCC(O)CC1. The molecule has 0 atom stereocenters. The number of rotatable bonds is 4. The average Bonchev–Trinajstić information content (AvgIpc) is 2.34. The molecule has 1 aromatic rings. The highest BCUT2D eigenvalue weighted by molar-refractivity contribution is 5.33. The Morgan fingerprint density at radius 3 is 2.61 bits per heavy atom. The molecule has 0 radical (unpaired) electrons. The van der Waals surface area contributed by atoms with E-state index in [0.717, 1.165) is 38.2 Å². The van der Waals surface area contributed by atoms with Gasteiger partial charge in [0.05, 0.1) is 12.2 Å². The van der Waals surface area contributed by atoms with Crippen molar-refractivity contribution >= 4 is 0 Å². The summed E-state index contributed by atoms with van der Waals surface area (Å²) in [4.78, 5) is 2.38. The molecule has 1 aromatic carbocycles. The average molecular weight is 249 g/mol. The maximum Gasteiger partial charge on any atom is 0.124 e. The summed E-state index contributed by atoms with van der Waals surface area (Å²) in [7, 11) is 0. The molecule has 3 heteroatoms. The lowest BCUT2D eigenvalue weighted by Crippen LogP contribution is -2.35. The van der Waals surface area contributed by atoms with Crippen LogP contribution in [0.25, 0.3) is 0 Å². The number of hydrogen-bond acceptors (Lipinski definition) is 3. The summed E-state index contributed by atoms with van der Waals surface area (Å²) < 4.78 is 5.83. The van der Waals surface area contributed by atoms with Crippen molar-refractivity contribution in [2.75, 3.05) is 13.1 Å². The zero-order valence-electron chi connectivity index (χ0n) is 11.3. The Hall–Kier alpha value is -1.06. The first kappa shape index (κ1) is 13.4. The van der Waals surface area contributed by atoms with E-state index in [1.54, 1.807) is 0 Å². The van der Waals surface area contributed by atoms with Gasteiger partial charge in [0.1, 0.15) is 5.75 Å². The van der Waals surface area contributed by atoms with E-state index in [0.29, 0.717) is 0 Å². The summed E-state index contributed by atoms with van der Waals surface area (Å²) in [6.07, 6.45) is 1.86. The van der Waals surface area contributed by atoms with E-state index in [9.17, 15) is 5.11 Å². The molecule has 1 saturated heterocycles. The number of nitrogens with zero attached hydrogens (tertiary/aromatic N) is 1. The zero-order chi connectivity index (χ0) is 13.0. The summed E-state index contributed by atoms with van der Waals surface area (Å²) in [6, 6.07) is 8.24. The normalized spacial score (nSPS) is 18.2. The minimum atomic E-state index is -0.108. The number of likely N-dealkylation sites (tertiary alicyclic amines) is 1. The van der Waals surface area contributed by atoms with Crippen LogP contribution in [0.1, 0.15) is 32.3 Å². The Kier molecular flexibility index (Phi) is 4.61. The predicted molar refractivity (Wildman–Crippen MR) is 72.7 cm³/mol. The summed E-state index contributed by atoms with van der Waals surface area (Å²) in [5.41, 5.74) is 1.24. The van der Waals surface area contributed by atoms with Crippen molar-refractivity contribution in [3.05, 3.63) is 29.8 Å². The number of aliphatic hydroxyl groups excluding tert-OH is 1. The first-order valence-corrected chi connectivity index (χ1v) is 6.80. The molecular formula is C15H23NO2. The minimum Gasteiger partial charge on any atom is -0.491 e. The van der Waals surface area contributed by atoms with Crippen LogP contribution < -0.4 is 4.74 Å². The van der Waals surface area contributed by atoms with Crippen LogP contribution in [0.2, 0.25) is 0 Å². The van der Waals surface area contributed by atoms with E-state index in [-0.39, 0.29) is 12.2 Å². The van der Waals surface area contributed by atoms with Crippen LogP contribution in [0.3, 0.4) is 0 Å². The van der Waals surface area contributed by atoms with E-state index in [4.69, 9.17) is 4.74 Å². The fraction of sp³-hybridized carbons (Fsp3) is 0.600. The van der Waals surface area contributed by atoms with Gasteiger partial charge in [-0.2, -0.15) is 0 Å². The highest BCUT2D eigenvalue weighted by atomic mass is 16.5. The molecule has 0 aliphatic carbocycles. The molecule has 1 N–H and O–H groups in total. The molecule has 0 saturated carbocycles. The second kappa shape index (κ2) is 6.21. The third kappa shape index (κ3) is 3.72. The van der Waals surface area contributed by atoms with Crippen molar-refractivity contribution in [3.63, 3.8) is 0 Å². The summed E-state index contributed by atoms with van der Waals surface area (Å²) in [6.45, 7) is 6.95. The van der Waals surface area contributed by atoms with Gasteiger partial charge in [0, 0.05) is 25.2 Å². The third-order valence-electron chi connectivity index (χ3n) is 3.29. The quantitative estimate of drug-likeness (QED) is 0.889. The van der Waals surface area contributed by atoms with Crippen molar-refractivity contribution in [1.29, 1.82) is 0 Å². The molecule has 0 amide bonds. The maximum absolute atomic E-state index is 9.52. The van der Waals surface area contributed by atoms with Crippen molar-refractivity contribution in [3.8, 4) is 5.75 Å². The van der Waals surface area contributed by atoms with Crippen molar-refractivity contribution < 1.29 is 9.84 Å². The lowest BCUT2D eigenvalue weighted by molar-refractivity contribution is 0.0786. The van der Waals surface area contributed by atoms with Gasteiger partial charge in [-0.25, -0.2) is 0 Å². The van der Waals surface area contributed by atoms with Crippen LogP contribution in [0.5, 0.6) is 5.75 Å². The van der Waals surface area contributed by atoms with E-state index >= 15 is 0 Å². The fourth-order valence-electron chi connectivity index (χ4n) is 2.32. The van der Waals surface area contributed by atoms with Crippen LogP contribution in [0.4, 0.5) is 0 Å². The van der Waals surface area contributed by atoms with Gasteiger partial charge in [0.2, 0.25) is 0 Å². The Balaban J connectivity index is 2.00. The van der Waals surface area contributed by atoms with E-state index < -0.39 is 0 Å². The second-order valence-electron chi connectivity index (χ2n) is 5.28. The first-order chi connectivity index (χ1) is 8.65. The summed E-state index contributed by atoms with van der Waals surface area (Å²) in [5, 5.41) is 9.52. The van der Waals surface area contributed by atoms with Crippen LogP contribution in [0.15, 0.2) is 24.3 Å². The van der Waals surface area contributed by atoms with Gasteiger partial charge in [-0.05, 0) is 32.8 Å². The molecule has 0 bridgehead atoms. The minimum absolute atomic E-state index is 0.108. The topological polar surface area (TPSA) is 32.7 Å². The van der Waals surface area contributed by atoms with Gasteiger partial charge in [0.15, 0.2) is 0 Å². The second-order valence-corrected chi connectivity index (χ2v) is 5.28. The highest BCUT2D eigenvalue weighted by Crippen LogP contribution is 2.22. The number of aliphatic hydroxyl groups is 1. The molecule has 100 valence electrons. The Morgan fingerprint density at radius 1 is 1.28 bits per heavy atom. The molecule has 0 spiro atoms. The summed E-state index contributed by atoms with van der Waals surface area (Å²) >= 11 is 0. The first-order valence-electron chi connectivity index (χ1n) is 6.80. The molecule has 1 heterocycles. The molecule has 0 aromatic heterocycles. The van der Waals surface area contributed by atoms with Crippen LogP contribution in [-0.4, -0.2) is 35.3 Å². The molecule has 1 fully saturated rings. The van der Waals surface area contributed by atoms with Gasteiger partial charge in [0.25, 0.3) is 0 Å². The number of hydrogen-bond donors (Lipinski definition) is 1. The lowest BCUT2D eigenvalue weighted by atomic mass is 10.1. The van der Waals surface area contributed by atoms with E-state index in [2.05, 4.69) is 17.0 Å². The molecule has 1 aliphatic rings. The number of piperidine rings is 1. The molecule has 0 unspecified atom stereocenters. The van der Waals surface area contributed by atoms with Gasteiger partial charge in [-0.1, -0.05) is 18.2 Å². The molecule has 3 nitrogen and oxygen atoms in total. The van der Waals surface area contributed by atoms with Gasteiger partial charge in [-0.3, -0.25) is 4.90 Å². The molecular weight excluding hydrogens is 226 g/mol.